The number of urea groups is 1. The number of aliphatic hydroxyl groups is 1. The number of carbonyl (C=O) groups excluding carboxylic acids is 1. The van der Waals surface area contributed by atoms with Crippen molar-refractivity contribution in [1.29, 1.82) is 0 Å². The van der Waals surface area contributed by atoms with Crippen LogP contribution in [0.2, 0.25) is 0 Å². The van der Waals surface area contributed by atoms with Gasteiger partial charge in [0.15, 0.2) is 0 Å². The Balaban J connectivity index is 1.62. The van der Waals surface area contributed by atoms with Gasteiger partial charge in [-0.05, 0) is 54.3 Å². The van der Waals surface area contributed by atoms with E-state index in [0.717, 1.165) is 35.5 Å². The Bertz CT molecular complexity index is 1480. The van der Waals surface area contributed by atoms with Crippen molar-refractivity contribution in [2.24, 2.45) is 5.10 Å². The Morgan fingerprint density at radius 2 is 1.57 bits per heavy atom. The first kappa shape index (κ1) is 27.5. The van der Waals surface area contributed by atoms with Crippen molar-refractivity contribution in [3.05, 3.63) is 138 Å². The van der Waals surface area contributed by atoms with Gasteiger partial charge in [-0.25, -0.2) is 13.6 Å². The zero-order valence-electron chi connectivity index (χ0n) is 21.5. The zero-order chi connectivity index (χ0) is 28.0. The van der Waals surface area contributed by atoms with E-state index in [2.05, 4.69) is 5.10 Å². The van der Waals surface area contributed by atoms with Crippen molar-refractivity contribution in [3.8, 4) is 0 Å². The van der Waals surface area contributed by atoms with E-state index in [-0.39, 0.29) is 30.2 Å². The number of hydrogen-bond acceptors (Lipinski definition) is 5. The van der Waals surface area contributed by atoms with Crippen molar-refractivity contribution in [2.45, 2.75) is 24.3 Å². The number of thioether (sulfide) groups is 1. The molecule has 0 aliphatic carbocycles. The van der Waals surface area contributed by atoms with Gasteiger partial charge in [0.1, 0.15) is 28.2 Å². The third-order valence-electron chi connectivity index (χ3n) is 6.40. The summed E-state index contributed by atoms with van der Waals surface area (Å²) in [6.45, 7) is -0.0275. The zero-order valence-corrected chi connectivity index (χ0v) is 22.3. The van der Waals surface area contributed by atoms with Crippen LogP contribution < -0.4 is 5.06 Å². The summed E-state index contributed by atoms with van der Waals surface area (Å²) < 4.78 is 29.2. The molecule has 0 bridgehead atoms. The highest BCUT2D eigenvalue weighted by Gasteiger charge is 2.50. The largest absolute Gasteiger partial charge is 0.396 e. The maximum absolute atomic E-state index is 14.9. The first-order valence-electron chi connectivity index (χ1n) is 12.8. The number of aliphatic hydroxyl groups excluding tert-OH is 1. The first-order chi connectivity index (χ1) is 19.5. The minimum Gasteiger partial charge on any atom is -0.396 e. The lowest BCUT2D eigenvalue weighted by atomic mass is 10.0. The van der Waals surface area contributed by atoms with Gasteiger partial charge in [0.2, 0.25) is 0 Å². The van der Waals surface area contributed by atoms with E-state index in [1.165, 1.54) is 10.1 Å². The lowest BCUT2D eigenvalue weighted by Crippen LogP contribution is -2.48. The lowest BCUT2D eigenvalue weighted by molar-refractivity contribution is 0.0781. The van der Waals surface area contributed by atoms with Gasteiger partial charge >= 0.3 is 6.03 Å². The van der Waals surface area contributed by atoms with Crippen LogP contribution in [-0.2, 0) is 16.3 Å². The smallest absolute Gasteiger partial charge is 0.370 e. The molecule has 1 N–H and O–H groups in total. The average molecular weight is 560 g/mol. The Morgan fingerprint density at radius 1 is 0.925 bits per heavy atom. The topological polar surface area (TPSA) is 65.4 Å². The molecule has 6 nitrogen and oxygen atoms in total. The third kappa shape index (κ3) is 5.77. The molecule has 0 radical (unpaired) electrons. The second-order valence-electron chi connectivity index (χ2n) is 9.09. The molecule has 1 atom stereocenters. The number of hydroxylamine groups is 1. The van der Waals surface area contributed by atoms with E-state index in [1.807, 2.05) is 66.7 Å². The van der Waals surface area contributed by atoms with Crippen LogP contribution in [0.25, 0.3) is 0 Å². The lowest BCUT2D eigenvalue weighted by Gasteiger charge is -2.38. The fourth-order valence-electron chi connectivity index (χ4n) is 4.47. The van der Waals surface area contributed by atoms with Crippen molar-refractivity contribution < 1.29 is 23.5 Å². The molecular formula is C31H27F2N3O3S. The van der Waals surface area contributed by atoms with Gasteiger partial charge in [-0.1, -0.05) is 90.6 Å². The predicted molar refractivity (Wildman–Crippen MR) is 152 cm³/mol. The molecule has 1 aliphatic rings. The SMILES string of the molecule is O=C(N(OCc1ccccc1)c1ccccc1)N1N=C(c2cc(F)ccc2F)SC1(CCCO)c1ccccc1. The van der Waals surface area contributed by atoms with Crippen molar-refractivity contribution >= 4 is 28.5 Å². The second kappa shape index (κ2) is 12.4. The molecule has 2 amide bonds. The molecule has 40 heavy (non-hydrogen) atoms. The van der Waals surface area contributed by atoms with Crippen LogP contribution in [0, 0.1) is 11.6 Å². The molecule has 1 heterocycles. The molecular weight excluding hydrogens is 532 g/mol. The summed E-state index contributed by atoms with van der Waals surface area (Å²) in [6, 6.07) is 30.0. The minimum absolute atomic E-state index is 0.0546. The van der Waals surface area contributed by atoms with Gasteiger partial charge in [0.05, 0.1) is 5.69 Å². The fourth-order valence-corrected chi connectivity index (χ4v) is 5.88. The molecule has 0 fully saturated rings. The predicted octanol–water partition coefficient (Wildman–Crippen LogP) is 7.06. The van der Waals surface area contributed by atoms with Gasteiger partial charge in [-0.3, -0.25) is 4.84 Å². The molecule has 9 heteroatoms. The van der Waals surface area contributed by atoms with Gasteiger partial charge in [0, 0.05) is 12.2 Å². The molecule has 1 aliphatic heterocycles. The maximum atomic E-state index is 14.9. The van der Waals surface area contributed by atoms with Crippen LogP contribution in [0.15, 0.2) is 114 Å². The van der Waals surface area contributed by atoms with Crippen LogP contribution in [0.1, 0.15) is 29.5 Å². The highest BCUT2D eigenvalue weighted by atomic mass is 32.2. The number of hydrazone groups is 1. The standard InChI is InChI=1S/C31H27F2N3O3S/c32-25-17-18-28(33)27(21-25)29-34-36(31(40-29,19-10-20-37)24-13-6-2-7-14-24)30(38)35(26-15-8-3-9-16-26)39-22-23-11-4-1-5-12-23/h1-9,11-18,21,37H,10,19-20,22H2. The molecule has 204 valence electrons. The van der Waals surface area contributed by atoms with Gasteiger partial charge < -0.3 is 5.11 Å². The second-order valence-corrected chi connectivity index (χ2v) is 10.4. The molecule has 4 aromatic rings. The van der Waals surface area contributed by atoms with E-state index in [0.29, 0.717) is 17.7 Å². The number of amides is 2. The number of rotatable bonds is 9. The summed E-state index contributed by atoms with van der Waals surface area (Å²) in [5, 5.41) is 16.9. The Morgan fingerprint density at radius 3 is 2.25 bits per heavy atom. The van der Waals surface area contributed by atoms with E-state index >= 15 is 0 Å². The number of benzene rings is 4. The van der Waals surface area contributed by atoms with Gasteiger partial charge in [-0.15, -0.1) is 0 Å². The summed E-state index contributed by atoms with van der Waals surface area (Å²) in [7, 11) is 0. The summed E-state index contributed by atoms with van der Waals surface area (Å²) >= 11 is 1.15. The first-order valence-corrected chi connectivity index (χ1v) is 13.6. The summed E-state index contributed by atoms with van der Waals surface area (Å²) in [5.41, 5.74) is 1.99. The molecule has 5 rings (SSSR count). The van der Waals surface area contributed by atoms with Crippen molar-refractivity contribution in [1.82, 2.24) is 5.01 Å². The number of hydrogen-bond donors (Lipinski definition) is 1. The highest BCUT2D eigenvalue weighted by Crippen LogP contribution is 2.51. The number of anilines is 1. The van der Waals surface area contributed by atoms with Gasteiger partial charge in [0.25, 0.3) is 0 Å². The van der Waals surface area contributed by atoms with Crippen LogP contribution >= 0.6 is 11.8 Å². The maximum Gasteiger partial charge on any atom is 0.370 e. The fraction of sp³-hybridized carbons (Fsp3) is 0.161. The molecule has 0 spiro atoms. The number of nitrogens with zero attached hydrogens (tertiary/aromatic N) is 3. The quantitative estimate of drug-likeness (QED) is 0.223. The van der Waals surface area contributed by atoms with Crippen LogP contribution in [-0.4, -0.2) is 27.8 Å². The van der Waals surface area contributed by atoms with Crippen molar-refractivity contribution in [3.63, 3.8) is 0 Å². The Kier molecular flexibility index (Phi) is 8.54. The number of para-hydroxylation sites is 1. The highest BCUT2D eigenvalue weighted by molar-refractivity contribution is 8.15. The van der Waals surface area contributed by atoms with E-state index in [1.54, 1.807) is 24.3 Å². The number of carbonyl (C=O) groups is 1. The minimum atomic E-state index is -1.17. The van der Waals surface area contributed by atoms with Gasteiger partial charge in [-0.2, -0.15) is 15.2 Å². The van der Waals surface area contributed by atoms with E-state index in [4.69, 9.17) is 4.84 Å². The summed E-state index contributed by atoms with van der Waals surface area (Å²) in [4.78, 5) is 19.3. The molecule has 4 aromatic carbocycles. The summed E-state index contributed by atoms with van der Waals surface area (Å²) in [6.07, 6.45) is 0.617. The van der Waals surface area contributed by atoms with Crippen LogP contribution in [0.4, 0.5) is 19.3 Å². The molecule has 1 unspecified atom stereocenters. The van der Waals surface area contributed by atoms with Crippen molar-refractivity contribution in [2.75, 3.05) is 11.7 Å². The number of halogens is 2. The third-order valence-corrected chi connectivity index (χ3v) is 7.85. The van der Waals surface area contributed by atoms with E-state index in [9.17, 15) is 18.7 Å². The Labute approximate surface area is 235 Å². The normalized spacial score (nSPS) is 16.6. The molecule has 0 aromatic heterocycles. The molecule has 0 saturated carbocycles. The molecule has 0 saturated heterocycles. The van der Waals surface area contributed by atoms with Crippen LogP contribution in [0.5, 0.6) is 0 Å². The van der Waals surface area contributed by atoms with Crippen LogP contribution in [0.3, 0.4) is 0 Å². The summed E-state index contributed by atoms with van der Waals surface area (Å²) in [5.74, 6) is -1.28. The monoisotopic (exact) mass is 559 g/mol. The van der Waals surface area contributed by atoms with E-state index < -0.39 is 22.5 Å². The average Bonchev–Trinajstić information content (AvgIpc) is 3.39. The Hall–Kier alpha value is -4.05.